The molecule has 0 spiro atoms. The molecule has 0 aliphatic heterocycles. The second kappa shape index (κ2) is 13.4. The zero-order valence-corrected chi connectivity index (χ0v) is 23.6. The summed E-state index contributed by atoms with van der Waals surface area (Å²) in [6.45, 7) is 2.70. The molecule has 7 nitrogen and oxygen atoms in total. The number of aromatic nitrogens is 1. The van der Waals surface area contributed by atoms with Crippen molar-refractivity contribution in [3.8, 4) is 11.5 Å². The van der Waals surface area contributed by atoms with Crippen molar-refractivity contribution < 1.29 is 27.4 Å². The molecule has 0 fully saturated rings. The molecule has 0 aliphatic rings. The zero-order valence-electron chi connectivity index (χ0n) is 21.2. The van der Waals surface area contributed by atoms with E-state index in [1.54, 1.807) is 23.6 Å². The van der Waals surface area contributed by atoms with Gasteiger partial charge in [-0.25, -0.2) is 10.4 Å². The summed E-state index contributed by atoms with van der Waals surface area (Å²) in [6, 6.07) is 18.0. The summed E-state index contributed by atoms with van der Waals surface area (Å²) < 4.78 is 51.4. The second-order valence-electron chi connectivity index (χ2n) is 8.37. The van der Waals surface area contributed by atoms with Crippen LogP contribution in [0, 0.1) is 0 Å². The summed E-state index contributed by atoms with van der Waals surface area (Å²) in [5, 5.41) is 8.87. The average molecular weight is 633 g/mol. The van der Waals surface area contributed by atoms with Crippen LogP contribution in [0.4, 0.5) is 24.0 Å². The minimum atomic E-state index is -4.44. The number of halogens is 4. The van der Waals surface area contributed by atoms with Crippen LogP contribution >= 0.6 is 27.3 Å². The van der Waals surface area contributed by atoms with E-state index in [9.17, 15) is 18.0 Å². The van der Waals surface area contributed by atoms with Gasteiger partial charge in [-0.3, -0.25) is 4.79 Å². The van der Waals surface area contributed by atoms with Gasteiger partial charge in [-0.15, -0.1) is 11.3 Å². The van der Waals surface area contributed by atoms with Crippen molar-refractivity contribution in [2.75, 3.05) is 11.9 Å². The highest BCUT2D eigenvalue weighted by atomic mass is 79.9. The fourth-order valence-corrected chi connectivity index (χ4v) is 4.45. The first-order chi connectivity index (χ1) is 19.2. The first-order valence-corrected chi connectivity index (χ1v) is 13.7. The Hall–Kier alpha value is -3.90. The smallest absolute Gasteiger partial charge is 0.416 e. The third-order valence-corrected chi connectivity index (χ3v) is 6.65. The SMILES string of the molecule is CCOc1cc(/C=N\NC(=O)Cc2csc(Nc3cccc(C(F)(F)F)c3)n2)ccc1OCc1ccc(Br)cc1. The van der Waals surface area contributed by atoms with Crippen LogP contribution in [0.25, 0.3) is 0 Å². The predicted octanol–water partition coefficient (Wildman–Crippen LogP) is 7.34. The summed E-state index contributed by atoms with van der Waals surface area (Å²) in [5.74, 6) is 0.744. The number of hydrazone groups is 1. The molecule has 0 unspecified atom stereocenters. The summed E-state index contributed by atoms with van der Waals surface area (Å²) in [5.41, 5.74) is 4.11. The van der Waals surface area contributed by atoms with Gasteiger partial charge in [0, 0.05) is 15.5 Å². The van der Waals surface area contributed by atoms with Crippen LogP contribution in [0.5, 0.6) is 11.5 Å². The first-order valence-electron chi connectivity index (χ1n) is 12.0. The lowest BCUT2D eigenvalue weighted by Gasteiger charge is -2.12. The molecule has 208 valence electrons. The van der Waals surface area contributed by atoms with E-state index in [2.05, 4.69) is 36.8 Å². The second-order valence-corrected chi connectivity index (χ2v) is 10.1. The molecular formula is C28H24BrF3N4O3S. The number of carbonyl (C=O) groups excluding carboxylic acids is 1. The number of carbonyl (C=O) groups is 1. The van der Waals surface area contributed by atoms with Crippen LogP contribution < -0.4 is 20.2 Å². The molecule has 2 N–H and O–H groups in total. The van der Waals surface area contributed by atoms with E-state index in [0.29, 0.717) is 41.1 Å². The van der Waals surface area contributed by atoms with Gasteiger partial charge in [0.15, 0.2) is 16.6 Å². The van der Waals surface area contributed by atoms with Crippen molar-refractivity contribution in [2.24, 2.45) is 5.10 Å². The van der Waals surface area contributed by atoms with Crippen molar-refractivity contribution in [3.63, 3.8) is 0 Å². The summed E-state index contributed by atoms with van der Waals surface area (Å²) in [7, 11) is 0. The standard InChI is InChI=1S/C28H24BrF3N4O3S/c1-2-38-25-12-19(8-11-24(25)39-16-18-6-9-21(29)10-7-18)15-33-36-26(37)14-23-17-40-27(35-23)34-22-5-3-4-20(13-22)28(30,31)32/h3-13,15,17H,2,14,16H2,1H3,(H,34,35)(H,36,37)/b33-15-. The molecule has 0 bridgehead atoms. The molecular weight excluding hydrogens is 609 g/mol. The number of thiazole rings is 1. The molecule has 4 rings (SSSR count). The van der Waals surface area contributed by atoms with Crippen LogP contribution in [0.3, 0.4) is 0 Å². The maximum atomic E-state index is 12.9. The fourth-order valence-electron chi connectivity index (χ4n) is 3.46. The van der Waals surface area contributed by atoms with Crippen molar-refractivity contribution in [1.82, 2.24) is 10.4 Å². The zero-order chi connectivity index (χ0) is 28.5. The molecule has 4 aromatic rings. The molecule has 0 atom stereocenters. The van der Waals surface area contributed by atoms with Gasteiger partial charge in [-0.2, -0.15) is 18.3 Å². The molecule has 1 heterocycles. The van der Waals surface area contributed by atoms with Crippen LogP contribution in [-0.4, -0.2) is 23.7 Å². The van der Waals surface area contributed by atoms with Gasteiger partial charge in [0.25, 0.3) is 0 Å². The van der Waals surface area contributed by atoms with E-state index in [-0.39, 0.29) is 12.1 Å². The molecule has 1 aromatic heterocycles. The maximum absolute atomic E-state index is 12.9. The Morgan fingerprint density at radius 2 is 1.88 bits per heavy atom. The third-order valence-electron chi connectivity index (χ3n) is 5.31. The summed E-state index contributed by atoms with van der Waals surface area (Å²) in [6.07, 6.45) is -3.00. The van der Waals surface area contributed by atoms with Gasteiger partial charge in [0.05, 0.1) is 30.5 Å². The lowest BCUT2D eigenvalue weighted by atomic mass is 10.2. The Morgan fingerprint density at radius 1 is 1.07 bits per heavy atom. The van der Waals surface area contributed by atoms with Gasteiger partial charge in [0.2, 0.25) is 5.91 Å². The molecule has 40 heavy (non-hydrogen) atoms. The molecule has 12 heteroatoms. The monoisotopic (exact) mass is 632 g/mol. The van der Waals surface area contributed by atoms with Crippen LogP contribution in [0.1, 0.15) is 29.3 Å². The Kier molecular flexibility index (Phi) is 9.78. The largest absolute Gasteiger partial charge is 0.490 e. The van der Waals surface area contributed by atoms with E-state index >= 15 is 0 Å². The minimum Gasteiger partial charge on any atom is -0.490 e. The van der Waals surface area contributed by atoms with Gasteiger partial charge < -0.3 is 14.8 Å². The maximum Gasteiger partial charge on any atom is 0.416 e. The molecule has 0 aliphatic carbocycles. The first kappa shape index (κ1) is 29.1. The topological polar surface area (TPSA) is 84.8 Å². The normalized spacial score (nSPS) is 11.4. The van der Waals surface area contributed by atoms with Crippen LogP contribution in [0.15, 0.2) is 81.7 Å². The number of benzene rings is 3. The van der Waals surface area contributed by atoms with Crippen molar-refractivity contribution in [1.29, 1.82) is 0 Å². The number of rotatable bonds is 11. The molecule has 1 amide bonds. The highest BCUT2D eigenvalue weighted by molar-refractivity contribution is 9.10. The number of nitrogens with one attached hydrogen (secondary N) is 2. The highest BCUT2D eigenvalue weighted by Gasteiger charge is 2.30. The predicted molar refractivity (Wildman–Crippen MR) is 152 cm³/mol. The number of alkyl halides is 3. The fraction of sp³-hybridized carbons (Fsp3) is 0.179. The van der Waals surface area contributed by atoms with Crippen molar-refractivity contribution >= 4 is 50.2 Å². The van der Waals surface area contributed by atoms with E-state index in [1.165, 1.54) is 29.7 Å². The summed E-state index contributed by atoms with van der Waals surface area (Å²) in [4.78, 5) is 16.6. The van der Waals surface area contributed by atoms with E-state index in [0.717, 1.165) is 22.2 Å². The molecule has 3 aromatic carbocycles. The number of ether oxygens (including phenoxy) is 2. The number of anilines is 2. The quantitative estimate of drug-likeness (QED) is 0.133. The van der Waals surface area contributed by atoms with Crippen molar-refractivity contribution in [2.45, 2.75) is 26.1 Å². The Bertz CT molecular complexity index is 1480. The van der Waals surface area contributed by atoms with Gasteiger partial charge in [-0.05, 0) is 66.6 Å². The Morgan fingerprint density at radius 3 is 2.62 bits per heavy atom. The van der Waals surface area contributed by atoms with E-state index in [4.69, 9.17) is 9.47 Å². The highest BCUT2D eigenvalue weighted by Crippen LogP contribution is 2.32. The minimum absolute atomic E-state index is 0.0505. The van der Waals surface area contributed by atoms with E-state index < -0.39 is 17.6 Å². The van der Waals surface area contributed by atoms with Gasteiger partial charge in [-0.1, -0.05) is 34.1 Å². The summed E-state index contributed by atoms with van der Waals surface area (Å²) >= 11 is 4.59. The number of amides is 1. The number of hydrogen-bond donors (Lipinski definition) is 2. The average Bonchev–Trinajstić information content (AvgIpc) is 3.35. The van der Waals surface area contributed by atoms with Gasteiger partial charge in [0.1, 0.15) is 6.61 Å². The lowest BCUT2D eigenvalue weighted by Crippen LogP contribution is -2.19. The van der Waals surface area contributed by atoms with E-state index in [1.807, 2.05) is 31.2 Å². The van der Waals surface area contributed by atoms with Gasteiger partial charge >= 0.3 is 6.18 Å². The van der Waals surface area contributed by atoms with Crippen LogP contribution in [0.2, 0.25) is 0 Å². The Labute approximate surface area is 241 Å². The molecule has 0 radical (unpaired) electrons. The Balaban J connectivity index is 1.30. The van der Waals surface area contributed by atoms with Crippen LogP contribution in [-0.2, 0) is 24.0 Å². The third kappa shape index (κ3) is 8.55. The molecule has 0 saturated carbocycles. The lowest BCUT2D eigenvalue weighted by molar-refractivity contribution is -0.137. The number of nitrogens with zero attached hydrogens (tertiary/aromatic N) is 2. The molecule has 0 saturated heterocycles. The number of hydrogen-bond acceptors (Lipinski definition) is 7. The van der Waals surface area contributed by atoms with Crippen molar-refractivity contribution in [3.05, 3.63) is 99.0 Å².